The second-order valence-electron chi connectivity index (χ2n) is 6.10. The minimum absolute atomic E-state index is 0.227. The highest BCUT2D eigenvalue weighted by Crippen LogP contribution is 2.21. The number of rotatable bonds is 3. The number of ether oxygens (including phenoxy) is 1. The molecule has 1 amide bonds. The van der Waals surface area contributed by atoms with Crippen LogP contribution in [0.25, 0.3) is 11.2 Å². The number of hydrogen-bond donors (Lipinski definition) is 1. The summed E-state index contributed by atoms with van der Waals surface area (Å²) in [7, 11) is 0. The Bertz CT molecular complexity index is 671. The summed E-state index contributed by atoms with van der Waals surface area (Å²) >= 11 is 0. The molecule has 3 heterocycles. The van der Waals surface area contributed by atoms with Crippen molar-refractivity contribution >= 4 is 23.1 Å². The molecule has 0 unspecified atom stereocenters. The van der Waals surface area contributed by atoms with Gasteiger partial charge < -0.3 is 19.5 Å². The first-order valence-electron chi connectivity index (χ1n) is 7.96. The molecule has 0 aromatic carbocycles. The fourth-order valence-electron chi connectivity index (χ4n) is 2.63. The molecule has 1 aliphatic rings. The number of nitrogens with one attached hydrogen (secondary N) is 1. The van der Waals surface area contributed by atoms with Crippen LogP contribution in [0.15, 0.2) is 12.7 Å². The highest BCUT2D eigenvalue weighted by Gasteiger charge is 2.22. The zero-order chi connectivity index (χ0) is 16.2. The summed E-state index contributed by atoms with van der Waals surface area (Å²) in [6, 6.07) is 0. The Morgan fingerprint density at radius 1 is 1.26 bits per heavy atom. The first-order chi connectivity index (χ1) is 11.1. The largest absolute Gasteiger partial charge is 0.449 e. The van der Waals surface area contributed by atoms with Crippen molar-refractivity contribution in [2.24, 2.45) is 5.92 Å². The molecular formula is C15H22N6O2. The number of H-pyrrole nitrogens is 1. The Balaban J connectivity index is 1.67. The number of hydrogen-bond acceptors (Lipinski definition) is 6. The van der Waals surface area contributed by atoms with E-state index in [-0.39, 0.29) is 6.09 Å². The van der Waals surface area contributed by atoms with Crippen LogP contribution in [0.5, 0.6) is 0 Å². The number of carbonyl (C=O) groups excluding carboxylic acids is 1. The summed E-state index contributed by atoms with van der Waals surface area (Å²) in [5, 5.41) is 0. The average molecular weight is 318 g/mol. The molecule has 2 aromatic rings. The van der Waals surface area contributed by atoms with E-state index < -0.39 is 0 Å². The van der Waals surface area contributed by atoms with E-state index in [0.717, 1.165) is 24.3 Å². The summed E-state index contributed by atoms with van der Waals surface area (Å²) in [6.07, 6.45) is 3.79. The molecule has 0 radical (unpaired) electrons. The molecule has 0 bridgehead atoms. The molecule has 0 aliphatic carbocycles. The number of nitrogens with zero attached hydrogens (tertiary/aromatic N) is 5. The summed E-state index contributed by atoms with van der Waals surface area (Å²) in [6.45, 7) is 7.38. The molecule has 1 N–H and O–H groups in total. The first-order valence-corrected chi connectivity index (χ1v) is 7.96. The number of carbonyl (C=O) groups is 1. The molecule has 23 heavy (non-hydrogen) atoms. The number of imidazole rings is 1. The van der Waals surface area contributed by atoms with Gasteiger partial charge in [0.1, 0.15) is 11.8 Å². The second-order valence-corrected chi connectivity index (χ2v) is 6.10. The van der Waals surface area contributed by atoms with Gasteiger partial charge in [0, 0.05) is 26.2 Å². The molecule has 0 atom stereocenters. The van der Waals surface area contributed by atoms with Crippen molar-refractivity contribution in [2.75, 3.05) is 37.7 Å². The van der Waals surface area contributed by atoms with Gasteiger partial charge in [-0.3, -0.25) is 0 Å². The Kier molecular flexibility index (Phi) is 4.59. The number of aromatic nitrogens is 4. The predicted molar refractivity (Wildman–Crippen MR) is 86.3 cm³/mol. The zero-order valence-electron chi connectivity index (χ0n) is 13.5. The van der Waals surface area contributed by atoms with E-state index in [1.165, 1.54) is 6.33 Å². The van der Waals surface area contributed by atoms with Crippen molar-refractivity contribution < 1.29 is 9.53 Å². The van der Waals surface area contributed by atoms with Crippen LogP contribution in [0.4, 0.5) is 10.6 Å². The number of anilines is 1. The highest BCUT2D eigenvalue weighted by molar-refractivity contribution is 5.82. The molecular weight excluding hydrogens is 296 g/mol. The van der Waals surface area contributed by atoms with Crippen LogP contribution in [0.3, 0.4) is 0 Å². The van der Waals surface area contributed by atoms with Crippen molar-refractivity contribution in [1.82, 2.24) is 24.8 Å². The lowest BCUT2D eigenvalue weighted by Gasteiger charge is -2.22. The van der Waals surface area contributed by atoms with Gasteiger partial charge >= 0.3 is 6.09 Å². The smallest absolute Gasteiger partial charge is 0.409 e. The van der Waals surface area contributed by atoms with E-state index in [9.17, 15) is 4.79 Å². The Labute approximate surface area is 134 Å². The Morgan fingerprint density at radius 3 is 2.96 bits per heavy atom. The number of aromatic amines is 1. The van der Waals surface area contributed by atoms with Gasteiger partial charge in [-0.05, 0) is 12.3 Å². The van der Waals surface area contributed by atoms with Gasteiger partial charge in [-0.25, -0.2) is 19.7 Å². The normalized spacial score (nSPS) is 16.0. The minimum Gasteiger partial charge on any atom is -0.449 e. The molecule has 1 fully saturated rings. The van der Waals surface area contributed by atoms with Crippen molar-refractivity contribution in [3.63, 3.8) is 0 Å². The van der Waals surface area contributed by atoms with E-state index in [4.69, 9.17) is 4.74 Å². The fraction of sp³-hybridized carbons (Fsp3) is 0.600. The standard InChI is InChI=1S/C15H22N6O2/c1-11(2)8-23-15(22)21-5-3-4-20(6-7-21)14-12-13(17-9-16-12)18-10-19-14/h9-11H,3-8H2,1-2H3,(H,16,17,18,19). The molecule has 2 aromatic heterocycles. The highest BCUT2D eigenvalue weighted by atomic mass is 16.6. The molecule has 1 aliphatic heterocycles. The van der Waals surface area contributed by atoms with Crippen molar-refractivity contribution in [3.05, 3.63) is 12.7 Å². The van der Waals surface area contributed by atoms with Gasteiger partial charge in [0.2, 0.25) is 0 Å². The Hall–Kier alpha value is -2.38. The molecule has 124 valence electrons. The summed E-state index contributed by atoms with van der Waals surface area (Å²) < 4.78 is 5.32. The maximum Gasteiger partial charge on any atom is 0.409 e. The third kappa shape index (κ3) is 3.52. The van der Waals surface area contributed by atoms with Crippen molar-refractivity contribution in [3.8, 4) is 0 Å². The molecule has 0 spiro atoms. The summed E-state index contributed by atoms with van der Waals surface area (Å²) in [5.74, 6) is 1.18. The molecule has 0 saturated carbocycles. The van der Waals surface area contributed by atoms with Crippen LogP contribution >= 0.6 is 0 Å². The van der Waals surface area contributed by atoms with E-state index in [0.29, 0.717) is 37.8 Å². The van der Waals surface area contributed by atoms with Crippen LogP contribution in [-0.4, -0.2) is 63.7 Å². The maximum atomic E-state index is 12.1. The van der Waals surface area contributed by atoms with Gasteiger partial charge in [0.25, 0.3) is 0 Å². The van der Waals surface area contributed by atoms with Gasteiger partial charge in [-0.1, -0.05) is 13.8 Å². The molecule has 1 saturated heterocycles. The van der Waals surface area contributed by atoms with Crippen molar-refractivity contribution in [2.45, 2.75) is 20.3 Å². The lowest BCUT2D eigenvalue weighted by atomic mass is 10.2. The lowest BCUT2D eigenvalue weighted by molar-refractivity contribution is 0.0943. The van der Waals surface area contributed by atoms with Crippen molar-refractivity contribution in [1.29, 1.82) is 0 Å². The number of amides is 1. The predicted octanol–water partition coefficient (Wildman–Crippen LogP) is 1.66. The van der Waals surface area contributed by atoms with Crippen LogP contribution < -0.4 is 4.90 Å². The molecule has 3 rings (SSSR count). The second kappa shape index (κ2) is 6.80. The van der Waals surface area contributed by atoms with Gasteiger partial charge in [-0.2, -0.15) is 0 Å². The van der Waals surface area contributed by atoms with E-state index in [1.807, 2.05) is 13.8 Å². The van der Waals surface area contributed by atoms with Crippen LogP contribution in [0.1, 0.15) is 20.3 Å². The third-order valence-corrected chi connectivity index (χ3v) is 3.80. The third-order valence-electron chi connectivity index (χ3n) is 3.80. The fourth-order valence-corrected chi connectivity index (χ4v) is 2.63. The van der Waals surface area contributed by atoms with E-state index >= 15 is 0 Å². The zero-order valence-corrected chi connectivity index (χ0v) is 13.5. The van der Waals surface area contributed by atoms with Crippen LogP contribution in [0.2, 0.25) is 0 Å². The van der Waals surface area contributed by atoms with E-state index in [2.05, 4.69) is 24.8 Å². The Morgan fingerprint density at radius 2 is 2.13 bits per heavy atom. The van der Waals surface area contributed by atoms with Crippen LogP contribution in [0, 0.1) is 5.92 Å². The monoisotopic (exact) mass is 318 g/mol. The topological polar surface area (TPSA) is 87.2 Å². The van der Waals surface area contributed by atoms with Gasteiger partial charge in [0.15, 0.2) is 11.5 Å². The SMILES string of the molecule is CC(C)COC(=O)N1CCCN(c2ncnc3nc[nH]c23)CC1. The lowest BCUT2D eigenvalue weighted by Crippen LogP contribution is -2.36. The summed E-state index contributed by atoms with van der Waals surface area (Å²) in [4.78, 5) is 31.8. The first kappa shape index (κ1) is 15.5. The average Bonchev–Trinajstić information content (AvgIpc) is 2.89. The molecule has 8 heteroatoms. The number of fused-ring (bicyclic) bond motifs is 1. The minimum atomic E-state index is -0.227. The maximum absolute atomic E-state index is 12.1. The summed E-state index contributed by atoms with van der Waals surface area (Å²) in [5.41, 5.74) is 1.50. The molecule has 8 nitrogen and oxygen atoms in total. The van der Waals surface area contributed by atoms with Gasteiger partial charge in [-0.15, -0.1) is 0 Å². The van der Waals surface area contributed by atoms with Crippen LogP contribution in [-0.2, 0) is 4.74 Å². The van der Waals surface area contributed by atoms with E-state index in [1.54, 1.807) is 11.2 Å². The quantitative estimate of drug-likeness (QED) is 0.926. The van der Waals surface area contributed by atoms with Gasteiger partial charge in [0.05, 0.1) is 12.9 Å².